The molecule has 21 heavy (non-hydrogen) atoms. The maximum Gasteiger partial charge on any atom is 0.129 e. The van der Waals surface area contributed by atoms with Crippen molar-refractivity contribution in [1.29, 1.82) is 0 Å². The number of hydrogen-bond donors (Lipinski definition) is 2. The van der Waals surface area contributed by atoms with Crippen molar-refractivity contribution in [2.45, 2.75) is 38.3 Å². The summed E-state index contributed by atoms with van der Waals surface area (Å²) in [6, 6.07) is 6.83. The first kappa shape index (κ1) is 14.4. The van der Waals surface area contributed by atoms with E-state index in [1.54, 1.807) is 0 Å². The van der Waals surface area contributed by atoms with Gasteiger partial charge in [0.15, 0.2) is 0 Å². The zero-order valence-corrected chi connectivity index (χ0v) is 12.9. The maximum atomic E-state index is 6.01. The first-order valence-corrected chi connectivity index (χ1v) is 7.85. The SMILES string of the molecule is CC(CN)Oc1cccc2[nH]cc(C[C@H]3CCCN3C)c12. The second kappa shape index (κ2) is 6.08. The lowest BCUT2D eigenvalue weighted by atomic mass is 10.0. The molecule has 114 valence electrons. The van der Waals surface area contributed by atoms with Gasteiger partial charge in [-0.25, -0.2) is 0 Å². The van der Waals surface area contributed by atoms with E-state index in [9.17, 15) is 0 Å². The molecule has 4 nitrogen and oxygen atoms in total. The van der Waals surface area contributed by atoms with Crippen LogP contribution in [0.3, 0.4) is 0 Å². The Kier molecular flexibility index (Phi) is 4.17. The van der Waals surface area contributed by atoms with Gasteiger partial charge in [0.1, 0.15) is 11.9 Å². The number of ether oxygens (including phenoxy) is 1. The molecule has 0 aliphatic carbocycles. The summed E-state index contributed by atoms with van der Waals surface area (Å²) in [6.07, 6.45) is 5.83. The third-order valence-electron chi connectivity index (χ3n) is 4.54. The van der Waals surface area contributed by atoms with E-state index in [2.05, 4.69) is 29.2 Å². The summed E-state index contributed by atoms with van der Waals surface area (Å²) in [6.45, 7) is 3.75. The lowest BCUT2D eigenvalue weighted by Gasteiger charge is -2.19. The summed E-state index contributed by atoms with van der Waals surface area (Å²) in [4.78, 5) is 5.84. The molecule has 1 fully saturated rings. The van der Waals surface area contributed by atoms with Crippen LogP contribution in [-0.4, -0.2) is 42.2 Å². The summed E-state index contributed by atoms with van der Waals surface area (Å²) in [5, 5.41) is 1.22. The summed E-state index contributed by atoms with van der Waals surface area (Å²) >= 11 is 0. The van der Waals surface area contributed by atoms with Gasteiger partial charge in [0.2, 0.25) is 0 Å². The molecule has 1 aliphatic heterocycles. The van der Waals surface area contributed by atoms with E-state index in [1.165, 1.54) is 30.3 Å². The second-order valence-corrected chi connectivity index (χ2v) is 6.14. The van der Waals surface area contributed by atoms with Crippen molar-refractivity contribution in [2.75, 3.05) is 20.1 Å². The van der Waals surface area contributed by atoms with Crippen LogP contribution >= 0.6 is 0 Å². The Balaban J connectivity index is 1.91. The molecule has 4 heteroatoms. The van der Waals surface area contributed by atoms with Gasteiger partial charge in [0, 0.05) is 29.7 Å². The zero-order valence-electron chi connectivity index (χ0n) is 12.9. The van der Waals surface area contributed by atoms with Gasteiger partial charge in [-0.1, -0.05) is 6.07 Å². The Hall–Kier alpha value is -1.52. The predicted octanol–water partition coefficient (Wildman–Crippen LogP) is 2.53. The minimum Gasteiger partial charge on any atom is -0.489 e. The van der Waals surface area contributed by atoms with E-state index >= 15 is 0 Å². The Morgan fingerprint density at radius 3 is 3.05 bits per heavy atom. The van der Waals surface area contributed by atoms with Crippen molar-refractivity contribution < 1.29 is 4.74 Å². The number of fused-ring (bicyclic) bond motifs is 1. The highest BCUT2D eigenvalue weighted by atomic mass is 16.5. The van der Waals surface area contributed by atoms with Gasteiger partial charge in [-0.05, 0) is 57.5 Å². The zero-order chi connectivity index (χ0) is 14.8. The van der Waals surface area contributed by atoms with Crippen molar-refractivity contribution in [3.8, 4) is 5.75 Å². The Morgan fingerprint density at radius 2 is 2.33 bits per heavy atom. The molecular weight excluding hydrogens is 262 g/mol. The number of benzene rings is 1. The lowest BCUT2D eigenvalue weighted by molar-refractivity contribution is 0.232. The Bertz CT molecular complexity index is 607. The third-order valence-corrected chi connectivity index (χ3v) is 4.54. The number of rotatable bonds is 5. The Morgan fingerprint density at radius 1 is 1.48 bits per heavy atom. The molecule has 0 amide bonds. The molecular formula is C17H25N3O. The summed E-state index contributed by atoms with van der Waals surface area (Å²) in [5.74, 6) is 0.947. The van der Waals surface area contributed by atoms with Crippen LogP contribution in [0.15, 0.2) is 24.4 Å². The molecule has 1 aliphatic rings. The smallest absolute Gasteiger partial charge is 0.129 e. The fourth-order valence-corrected chi connectivity index (χ4v) is 3.23. The van der Waals surface area contributed by atoms with E-state index < -0.39 is 0 Å². The number of H-pyrrole nitrogens is 1. The topological polar surface area (TPSA) is 54.3 Å². The number of aromatic nitrogens is 1. The van der Waals surface area contributed by atoms with Crippen LogP contribution in [-0.2, 0) is 6.42 Å². The van der Waals surface area contributed by atoms with Crippen LogP contribution in [0.25, 0.3) is 10.9 Å². The standard InChI is InChI=1S/C17H25N3O/c1-12(10-18)21-16-7-3-6-15-17(16)13(11-19-15)9-14-5-4-8-20(14)2/h3,6-7,11-12,14,19H,4-5,8-10,18H2,1-2H3/t12?,14-/m1/s1. The molecule has 3 rings (SSSR count). The predicted molar refractivity (Wildman–Crippen MR) is 86.8 cm³/mol. The van der Waals surface area contributed by atoms with Gasteiger partial charge in [-0.3, -0.25) is 0 Å². The van der Waals surface area contributed by atoms with Crippen molar-refractivity contribution >= 4 is 10.9 Å². The first-order valence-electron chi connectivity index (χ1n) is 7.85. The van der Waals surface area contributed by atoms with Crippen molar-refractivity contribution in [3.05, 3.63) is 30.0 Å². The summed E-state index contributed by atoms with van der Waals surface area (Å²) < 4.78 is 6.01. The van der Waals surface area contributed by atoms with Crippen LogP contribution in [0.1, 0.15) is 25.3 Å². The van der Waals surface area contributed by atoms with Crippen LogP contribution in [0.5, 0.6) is 5.75 Å². The van der Waals surface area contributed by atoms with Gasteiger partial charge in [-0.2, -0.15) is 0 Å². The molecule has 1 unspecified atom stereocenters. The molecule has 1 aromatic heterocycles. The molecule has 2 heterocycles. The highest BCUT2D eigenvalue weighted by Crippen LogP contribution is 2.32. The van der Waals surface area contributed by atoms with Crippen LogP contribution in [0, 0.1) is 0 Å². The van der Waals surface area contributed by atoms with Gasteiger partial charge in [0.25, 0.3) is 0 Å². The number of nitrogens with one attached hydrogen (secondary N) is 1. The quantitative estimate of drug-likeness (QED) is 0.888. The van der Waals surface area contributed by atoms with Crippen LogP contribution in [0.4, 0.5) is 0 Å². The van der Waals surface area contributed by atoms with Gasteiger partial charge < -0.3 is 20.4 Å². The number of aromatic amines is 1. The number of likely N-dealkylation sites (tertiary alicyclic amines) is 1. The molecule has 0 spiro atoms. The average molecular weight is 287 g/mol. The molecule has 1 saturated heterocycles. The monoisotopic (exact) mass is 287 g/mol. The van der Waals surface area contributed by atoms with Gasteiger partial charge >= 0.3 is 0 Å². The fourth-order valence-electron chi connectivity index (χ4n) is 3.23. The van der Waals surface area contributed by atoms with Crippen LogP contribution < -0.4 is 10.5 Å². The third kappa shape index (κ3) is 2.92. The largest absolute Gasteiger partial charge is 0.489 e. The summed E-state index contributed by atoms with van der Waals surface area (Å²) in [5.41, 5.74) is 8.18. The van der Waals surface area contributed by atoms with Gasteiger partial charge in [0.05, 0.1) is 0 Å². The normalized spacial score (nSPS) is 21.0. The van der Waals surface area contributed by atoms with Crippen molar-refractivity contribution in [1.82, 2.24) is 9.88 Å². The van der Waals surface area contributed by atoms with Gasteiger partial charge in [-0.15, -0.1) is 0 Å². The molecule has 2 atom stereocenters. The van der Waals surface area contributed by atoms with E-state index in [1.807, 2.05) is 19.1 Å². The fraction of sp³-hybridized carbons (Fsp3) is 0.529. The number of nitrogens with two attached hydrogens (primary N) is 1. The molecule has 3 N–H and O–H groups in total. The lowest BCUT2D eigenvalue weighted by Crippen LogP contribution is -2.26. The van der Waals surface area contributed by atoms with Crippen molar-refractivity contribution in [2.24, 2.45) is 5.73 Å². The molecule has 1 aromatic carbocycles. The van der Waals surface area contributed by atoms with E-state index in [-0.39, 0.29) is 6.10 Å². The first-order chi connectivity index (χ1) is 10.2. The number of likely N-dealkylation sites (N-methyl/N-ethyl adjacent to an activating group) is 1. The maximum absolute atomic E-state index is 6.01. The van der Waals surface area contributed by atoms with Crippen molar-refractivity contribution in [3.63, 3.8) is 0 Å². The molecule has 0 radical (unpaired) electrons. The highest BCUT2D eigenvalue weighted by Gasteiger charge is 2.23. The Labute approximate surface area is 126 Å². The molecule has 0 bridgehead atoms. The van der Waals surface area contributed by atoms with E-state index in [0.29, 0.717) is 12.6 Å². The minimum absolute atomic E-state index is 0.0347. The van der Waals surface area contributed by atoms with E-state index in [4.69, 9.17) is 10.5 Å². The molecule has 2 aromatic rings. The number of hydrogen-bond acceptors (Lipinski definition) is 3. The van der Waals surface area contributed by atoms with E-state index in [0.717, 1.165) is 17.7 Å². The second-order valence-electron chi connectivity index (χ2n) is 6.14. The average Bonchev–Trinajstić information content (AvgIpc) is 3.07. The highest BCUT2D eigenvalue weighted by molar-refractivity contribution is 5.89. The van der Waals surface area contributed by atoms with Crippen LogP contribution in [0.2, 0.25) is 0 Å². The number of nitrogens with zero attached hydrogens (tertiary/aromatic N) is 1. The minimum atomic E-state index is 0.0347. The summed E-state index contributed by atoms with van der Waals surface area (Å²) in [7, 11) is 2.22. The molecule has 0 saturated carbocycles.